The van der Waals surface area contributed by atoms with Gasteiger partial charge in [0.15, 0.2) is 0 Å². The lowest BCUT2D eigenvalue weighted by Gasteiger charge is -2.34. The molecule has 1 saturated heterocycles. The molecule has 0 radical (unpaired) electrons. The van der Waals surface area contributed by atoms with Gasteiger partial charge in [-0.15, -0.1) is 0 Å². The Kier molecular flexibility index (Phi) is 8.61. The standard InChI is InChI=1S/C13H28N2O2/c1-2-3-4-5-14-6-8-15(9-7-14)10-12-17-13-11-16/h16H,2-13H2,1H3. The number of hydrogen-bond donors (Lipinski definition) is 1. The molecule has 1 fully saturated rings. The van der Waals surface area contributed by atoms with Crippen molar-refractivity contribution in [1.29, 1.82) is 0 Å². The van der Waals surface area contributed by atoms with E-state index in [1.54, 1.807) is 0 Å². The minimum absolute atomic E-state index is 0.130. The lowest BCUT2D eigenvalue weighted by Crippen LogP contribution is -2.47. The number of nitrogens with zero attached hydrogens (tertiary/aromatic N) is 2. The third-order valence-electron chi connectivity index (χ3n) is 3.33. The molecule has 0 unspecified atom stereocenters. The summed E-state index contributed by atoms with van der Waals surface area (Å²) in [6.07, 6.45) is 4.01. The number of aliphatic hydroxyl groups is 1. The van der Waals surface area contributed by atoms with E-state index in [9.17, 15) is 0 Å². The number of hydrogen-bond acceptors (Lipinski definition) is 4. The predicted octanol–water partition coefficient (Wildman–Crippen LogP) is 0.803. The van der Waals surface area contributed by atoms with E-state index >= 15 is 0 Å². The lowest BCUT2D eigenvalue weighted by atomic mass is 10.2. The van der Waals surface area contributed by atoms with Crippen LogP contribution in [0.2, 0.25) is 0 Å². The minimum Gasteiger partial charge on any atom is -0.394 e. The van der Waals surface area contributed by atoms with Crippen LogP contribution in [-0.4, -0.2) is 74.0 Å². The molecule has 1 aliphatic rings. The highest BCUT2D eigenvalue weighted by Crippen LogP contribution is 2.04. The van der Waals surface area contributed by atoms with Crippen LogP contribution in [0.25, 0.3) is 0 Å². The summed E-state index contributed by atoms with van der Waals surface area (Å²) < 4.78 is 5.29. The molecule has 1 rings (SSSR count). The smallest absolute Gasteiger partial charge is 0.0698 e. The Morgan fingerprint density at radius 1 is 0.941 bits per heavy atom. The highest BCUT2D eigenvalue weighted by Gasteiger charge is 2.15. The first-order valence-electron chi connectivity index (χ1n) is 7.00. The third-order valence-corrected chi connectivity index (χ3v) is 3.33. The molecule has 1 aliphatic heterocycles. The zero-order chi connectivity index (χ0) is 12.3. The lowest BCUT2D eigenvalue weighted by molar-refractivity contribution is 0.0574. The van der Waals surface area contributed by atoms with Crippen LogP contribution >= 0.6 is 0 Å². The average molecular weight is 244 g/mol. The third kappa shape index (κ3) is 6.99. The van der Waals surface area contributed by atoms with Crippen molar-refractivity contribution in [3.05, 3.63) is 0 Å². The molecule has 0 amide bonds. The number of unbranched alkanes of at least 4 members (excludes halogenated alkanes) is 2. The van der Waals surface area contributed by atoms with Crippen molar-refractivity contribution in [2.24, 2.45) is 0 Å². The highest BCUT2D eigenvalue weighted by atomic mass is 16.5. The molecule has 0 bridgehead atoms. The van der Waals surface area contributed by atoms with Gasteiger partial charge in [0.05, 0.1) is 19.8 Å². The summed E-state index contributed by atoms with van der Waals surface area (Å²) in [6, 6.07) is 0. The van der Waals surface area contributed by atoms with E-state index in [1.807, 2.05) is 0 Å². The van der Waals surface area contributed by atoms with Gasteiger partial charge < -0.3 is 14.7 Å². The summed E-state index contributed by atoms with van der Waals surface area (Å²) in [4.78, 5) is 5.02. The summed E-state index contributed by atoms with van der Waals surface area (Å²) >= 11 is 0. The van der Waals surface area contributed by atoms with Crippen molar-refractivity contribution in [3.8, 4) is 0 Å². The van der Waals surface area contributed by atoms with Gasteiger partial charge in [0.2, 0.25) is 0 Å². The SMILES string of the molecule is CCCCCN1CCN(CCOCCO)CC1. The fourth-order valence-corrected chi connectivity index (χ4v) is 2.18. The predicted molar refractivity (Wildman–Crippen MR) is 70.3 cm³/mol. The summed E-state index contributed by atoms with van der Waals surface area (Å²) in [5.41, 5.74) is 0. The molecule has 0 aromatic rings. The fraction of sp³-hybridized carbons (Fsp3) is 1.00. The van der Waals surface area contributed by atoms with E-state index in [2.05, 4.69) is 16.7 Å². The summed E-state index contributed by atoms with van der Waals surface area (Å²) in [5.74, 6) is 0. The molecule has 0 saturated carbocycles. The molecule has 0 atom stereocenters. The molecular formula is C13H28N2O2. The van der Waals surface area contributed by atoms with Gasteiger partial charge in [-0.2, -0.15) is 0 Å². The molecule has 102 valence electrons. The van der Waals surface area contributed by atoms with E-state index in [-0.39, 0.29) is 6.61 Å². The van der Waals surface area contributed by atoms with Gasteiger partial charge in [0, 0.05) is 32.7 Å². The quantitative estimate of drug-likeness (QED) is 0.609. The second kappa shape index (κ2) is 9.83. The normalized spacial score (nSPS) is 18.7. The Morgan fingerprint density at radius 3 is 2.18 bits per heavy atom. The molecule has 0 aliphatic carbocycles. The number of piperazine rings is 1. The van der Waals surface area contributed by atoms with E-state index in [4.69, 9.17) is 9.84 Å². The van der Waals surface area contributed by atoms with Crippen LogP contribution in [0.3, 0.4) is 0 Å². The Hall–Kier alpha value is -0.160. The highest BCUT2D eigenvalue weighted by molar-refractivity contribution is 4.71. The van der Waals surface area contributed by atoms with Gasteiger partial charge in [-0.3, -0.25) is 4.90 Å². The van der Waals surface area contributed by atoms with Gasteiger partial charge >= 0.3 is 0 Å². The molecule has 1 heterocycles. The Balaban J connectivity index is 1.97. The Labute approximate surface area is 106 Å². The number of aliphatic hydroxyl groups excluding tert-OH is 1. The molecule has 17 heavy (non-hydrogen) atoms. The van der Waals surface area contributed by atoms with Crippen LogP contribution < -0.4 is 0 Å². The van der Waals surface area contributed by atoms with Crippen molar-refractivity contribution in [3.63, 3.8) is 0 Å². The molecular weight excluding hydrogens is 216 g/mol. The van der Waals surface area contributed by atoms with Crippen LogP contribution in [0, 0.1) is 0 Å². The number of ether oxygens (including phenoxy) is 1. The molecule has 0 spiro atoms. The van der Waals surface area contributed by atoms with Crippen molar-refractivity contribution < 1.29 is 9.84 Å². The molecule has 1 N–H and O–H groups in total. The largest absolute Gasteiger partial charge is 0.394 e. The fourth-order valence-electron chi connectivity index (χ4n) is 2.18. The first kappa shape index (κ1) is 14.9. The van der Waals surface area contributed by atoms with Crippen LogP contribution in [0.5, 0.6) is 0 Å². The molecule has 4 nitrogen and oxygen atoms in total. The second-order valence-electron chi connectivity index (χ2n) is 4.73. The maximum Gasteiger partial charge on any atom is 0.0698 e. The summed E-state index contributed by atoms with van der Waals surface area (Å²) in [7, 11) is 0. The van der Waals surface area contributed by atoms with Gasteiger partial charge in [0.25, 0.3) is 0 Å². The summed E-state index contributed by atoms with van der Waals surface area (Å²) in [5, 5.41) is 8.60. The van der Waals surface area contributed by atoms with Crippen LogP contribution in [0.4, 0.5) is 0 Å². The van der Waals surface area contributed by atoms with Crippen LogP contribution in [-0.2, 0) is 4.74 Å². The molecule has 4 heteroatoms. The first-order valence-corrected chi connectivity index (χ1v) is 7.00. The Morgan fingerprint density at radius 2 is 1.59 bits per heavy atom. The maximum absolute atomic E-state index is 8.60. The van der Waals surface area contributed by atoms with E-state index in [0.29, 0.717) is 6.61 Å². The van der Waals surface area contributed by atoms with Gasteiger partial charge in [-0.1, -0.05) is 19.8 Å². The second-order valence-corrected chi connectivity index (χ2v) is 4.73. The van der Waals surface area contributed by atoms with Gasteiger partial charge in [0.1, 0.15) is 0 Å². The summed E-state index contributed by atoms with van der Waals surface area (Å²) in [6.45, 7) is 10.6. The van der Waals surface area contributed by atoms with Crippen molar-refractivity contribution in [1.82, 2.24) is 9.80 Å². The zero-order valence-electron chi connectivity index (χ0n) is 11.2. The monoisotopic (exact) mass is 244 g/mol. The molecule has 0 aromatic heterocycles. The van der Waals surface area contributed by atoms with Crippen molar-refractivity contribution in [2.45, 2.75) is 26.2 Å². The van der Waals surface area contributed by atoms with Gasteiger partial charge in [-0.25, -0.2) is 0 Å². The minimum atomic E-state index is 0.130. The maximum atomic E-state index is 8.60. The first-order chi connectivity index (χ1) is 8.36. The topological polar surface area (TPSA) is 35.9 Å². The zero-order valence-corrected chi connectivity index (χ0v) is 11.2. The van der Waals surface area contributed by atoms with E-state index in [1.165, 1.54) is 38.9 Å². The van der Waals surface area contributed by atoms with Crippen LogP contribution in [0.15, 0.2) is 0 Å². The average Bonchev–Trinajstić information content (AvgIpc) is 2.37. The van der Waals surface area contributed by atoms with Gasteiger partial charge in [-0.05, 0) is 13.0 Å². The van der Waals surface area contributed by atoms with Crippen molar-refractivity contribution in [2.75, 3.05) is 59.1 Å². The van der Waals surface area contributed by atoms with E-state index < -0.39 is 0 Å². The number of rotatable bonds is 9. The van der Waals surface area contributed by atoms with Crippen molar-refractivity contribution >= 4 is 0 Å². The van der Waals surface area contributed by atoms with E-state index in [0.717, 1.165) is 26.2 Å². The van der Waals surface area contributed by atoms with Crippen LogP contribution in [0.1, 0.15) is 26.2 Å². The molecule has 0 aromatic carbocycles. The Bertz CT molecular complexity index is 171.